The van der Waals surface area contributed by atoms with Crippen LogP contribution < -0.4 is 4.90 Å². The van der Waals surface area contributed by atoms with Crippen molar-refractivity contribution in [3.8, 4) is 0 Å². The van der Waals surface area contributed by atoms with Crippen molar-refractivity contribution in [1.82, 2.24) is 9.88 Å². The summed E-state index contributed by atoms with van der Waals surface area (Å²) in [5, 5.41) is 11.0. The van der Waals surface area contributed by atoms with E-state index in [1.54, 1.807) is 12.3 Å². The predicted octanol–water partition coefficient (Wildman–Crippen LogP) is 5.10. The first kappa shape index (κ1) is 21.8. The van der Waals surface area contributed by atoms with E-state index in [9.17, 15) is 10.1 Å². The summed E-state index contributed by atoms with van der Waals surface area (Å²) in [6, 6.07) is 35.4. The van der Waals surface area contributed by atoms with Gasteiger partial charge >= 0.3 is 5.82 Å². The second-order valence-electron chi connectivity index (χ2n) is 8.41. The lowest BCUT2D eigenvalue weighted by Gasteiger charge is -2.49. The SMILES string of the molecule is O=[N+]([O-])c1ccc(N2CCN(C(c3ccccc3)(c3ccccc3)c3ccccc3)CC2)cn1. The zero-order chi connectivity index (χ0) is 23.4. The topological polar surface area (TPSA) is 62.5 Å². The minimum Gasteiger partial charge on any atom is -0.366 e. The lowest BCUT2D eigenvalue weighted by molar-refractivity contribution is -0.389. The van der Waals surface area contributed by atoms with Gasteiger partial charge in [0.15, 0.2) is 6.20 Å². The van der Waals surface area contributed by atoms with E-state index < -0.39 is 10.5 Å². The molecule has 0 N–H and O–H groups in total. The second kappa shape index (κ2) is 9.45. The van der Waals surface area contributed by atoms with Gasteiger partial charge in [-0.05, 0) is 32.7 Å². The van der Waals surface area contributed by atoms with Crippen molar-refractivity contribution < 1.29 is 4.92 Å². The summed E-state index contributed by atoms with van der Waals surface area (Å²) in [7, 11) is 0. The van der Waals surface area contributed by atoms with Crippen LogP contribution >= 0.6 is 0 Å². The summed E-state index contributed by atoms with van der Waals surface area (Å²) in [5.41, 5.74) is 4.19. The highest BCUT2D eigenvalue weighted by Crippen LogP contribution is 2.43. The lowest BCUT2D eigenvalue weighted by Crippen LogP contribution is -2.56. The van der Waals surface area contributed by atoms with E-state index in [1.165, 1.54) is 22.8 Å². The second-order valence-corrected chi connectivity index (χ2v) is 8.41. The summed E-state index contributed by atoms with van der Waals surface area (Å²) >= 11 is 0. The number of rotatable bonds is 6. The highest BCUT2D eigenvalue weighted by Gasteiger charge is 2.43. The van der Waals surface area contributed by atoms with Crippen LogP contribution in [0.1, 0.15) is 16.7 Å². The van der Waals surface area contributed by atoms with Gasteiger partial charge in [0.2, 0.25) is 0 Å². The molecule has 34 heavy (non-hydrogen) atoms. The van der Waals surface area contributed by atoms with Crippen molar-refractivity contribution in [3.05, 3.63) is 136 Å². The fraction of sp³-hybridized carbons (Fsp3) is 0.179. The van der Waals surface area contributed by atoms with Crippen molar-refractivity contribution >= 4 is 11.5 Å². The molecule has 0 unspecified atom stereocenters. The highest BCUT2D eigenvalue weighted by molar-refractivity contribution is 5.51. The average molecular weight is 451 g/mol. The Balaban J connectivity index is 1.54. The Labute approximate surface area is 199 Å². The molecule has 1 aromatic heterocycles. The van der Waals surface area contributed by atoms with Crippen LogP contribution in [0.4, 0.5) is 11.5 Å². The maximum absolute atomic E-state index is 11.0. The van der Waals surface area contributed by atoms with Crippen LogP contribution in [0.25, 0.3) is 0 Å². The third kappa shape index (κ3) is 3.93. The van der Waals surface area contributed by atoms with E-state index in [0.29, 0.717) is 0 Å². The quantitative estimate of drug-likeness (QED) is 0.232. The van der Waals surface area contributed by atoms with E-state index in [1.807, 2.05) is 0 Å². The molecular formula is C28H26N4O2. The Morgan fingerprint density at radius 2 is 1.15 bits per heavy atom. The van der Waals surface area contributed by atoms with Gasteiger partial charge in [0.05, 0.1) is 11.2 Å². The molecule has 0 bridgehead atoms. The third-order valence-electron chi connectivity index (χ3n) is 6.61. The molecule has 5 rings (SSSR count). The van der Waals surface area contributed by atoms with Gasteiger partial charge in [0.25, 0.3) is 0 Å². The van der Waals surface area contributed by atoms with Gasteiger partial charge in [0, 0.05) is 32.2 Å². The van der Waals surface area contributed by atoms with E-state index in [0.717, 1.165) is 31.9 Å². The first-order valence-corrected chi connectivity index (χ1v) is 11.5. The molecule has 170 valence electrons. The van der Waals surface area contributed by atoms with Crippen LogP contribution in [-0.2, 0) is 5.54 Å². The maximum Gasteiger partial charge on any atom is 0.363 e. The van der Waals surface area contributed by atoms with Gasteiger partial charge in [-0.3, -0.25) is 4.90 Å². The molecule has 0 amide bonds. The molecular weight excluding hydrogens is 424 g/mol. The largest absolute Gasteiger partial charge is 0.366 e. The summed E-state index contributed by atoms with van der Waals surface area (Å²) < 4.78 is 0. The first-order valence-electron chi connectivity index (χ1n) is 11.5. The molecule has 3 aromatic carbocycles. The van der Waals surface area contributed by atoms with E-state index >= 15 is 0 Å². The van der Waals surface area contributed by atoms with Crippen molar-refractivity contribution in [2.45, 2.75) is 5.54 Å². The maximum atomic E-state index is 11.0. The number of nitrogens with zero attached hydrogens (tertiary/aromatic N) is 4. The molecule has 1 saturated heterocycles. The first-order chi connectivity index (χ1) is 16.7. The summed E-state index contributed by atoms with van der Waals surface area (Å²) in [6.07, 6.45) is 1.60. The minimum atomic E-state index is -0.463. The van der Waals surface area contributed by atoms with Crippen LogP contribution in [0.2, 0.25) is 0 Å². The van der Waals surface area contributed by atoms with Gasteiger partial charge in [0.1, 0.15) is 0 Å². The molecule has 1 fully saturated rings. The van der Waals surface area contributed by atoms with Crippen LogP contribution in [0.15, 0.2) is 109 Å². The fourth-order valence-electron chi connectivity index (χ4n) is 5.06. The van der Waals surface area contributed by atoms with Crippen molar-refractivity contribution in [2.24, 2.45) is 0 Å². The van der Waals surface area contributed by atoms with Gasteiger partial charge in [-0.1, -0.05) is 91.0 Å². The number of benzene rings is 3. The number of anilines is 1. The van der Waals surface area contributed by atoms with E-state index in [4.69, 9.17) is 0 Å². The molecule has 0 spiro atoms. The molecule has 6 nitrogen and oxygen atoms in total. The van der Waals surface area contributed by atoms with Crippen LogP contribution in [0.5, 0.6) is 0 Å². The van der Waals surface area contributed by atoms with Gasteiger partial charge in [-0.25, -0.2) is 0 Å². The number of nitro groups is 1. The number of piperazine rings is 1. The molecule has 0 atom stereocenters. The van der Waals surface area contributed by atoms with E-state index in [-0.39, 0.29) is 5.82 Å². The Bertz CT molecular complexity index is 1130. The van der Waals surface area contributed by atoms with Crippen molar-refractivity contribution in [2.75, 3.05) is 31.1 Å². The number of pyridine rings is 1. The van der Waals surface area contributed by atoms with Crippen LogP contribution in [0, 0.1) is 10.1 Å². The molecule has 0 saturated carbocycles. The Morgan fingerprint density at radius 3 is 1.53 bits per heavy atom. The summed E-state index contributed by atoms with van der Waals surface area (Å²) in [5.74, 6) is -0.126. The molecule has 0 radical (unpaired) electrons. The lowest BCUT2D eigenvalue weighted by atomic mass is 9.75. The van der Waals surface area contributed by atoms with Gasteiger partial charge < -0.3 is 15.0 Å². The molecule has 1 aliphatic heterocycles. The standard InChI is InChI=1S/C28H26N4O2/c33-32(34)27-17-16-26(22-29-27)30-18-20-31(21-19-30)28(23-10-4-1-5-11-23,24-12-6-2-7-13-24)25-14-8-3-9-15-25/h1-17,22H,18-21H2. The fourth-order valence-corrected chi connectivity index (χ4v) is 5.06. The van der Waals surface area contributed by atoms with Crippen molar-refractivity contribution in [3.63, 3.8) is 0 Å². The number of hydrogen-bond donors (Lipinski definition) is 0. The zero-order valence-corrected chi connectivity index (χ0v) is 18.8. The Morgan fingerprint density at radius 1 is 0.676 bits per heavy atom. The number of hydrogen-bond acceptors (Lipinski definition) is 5. The average Bonchev–Trinajstić information content (AvgIpc) is 2.91. The smallest absolute Gasteiger partial charge is 0.363 e. The predicted molar refractivity (Wildman–Crippen MR) is 134 cm³/mol. The Kier molecular flexibility index (Phi) is 6.06. The number of aromatic nitrogens is 1. The van der Waals surface area contributed by atoms with Crippen LogP contribution in [-0.4, -0.2) is 41.0 Å². The minimum absolute atomic E-state index is 0.126. The molecule has 1 aliphatic rings. The molecule has 2 heterocycles. The molecule has 4 aromatic rings. The highest BCUT2D eigenvalue weighted by atomic mass is 16.6. The third-order valence-corrected chi connectivity index (χ3v) is 6.61. The normalized spacial score (nSPS) is 14.6. The summed E-state index contributed by atoms with van der Waals surface area (Å²) in [4.78, 5) is 19.3. The van der Waals surface area contributed by atoms with Crippen LogP contribution in [0.3, 0.4) is 0 Å². The van der Waals surface area contributed by atoms with Gasteiger partial charge in [-0.15, -0.1) is 0 Å². The van der Waals surface area contributed by atoms with Crippen molar-refractivity contribution in [1.29, 1.82) is 0 Å². The monoisotopic (exact) mass is 450 g/mol. The van der Waals surface area contributed by atoms with E-state index in [2.05, 4.69) is 106 Å². The zero-order valence-electron chi connectivity index (χ0n) is 18.8. The van der Waals surface area contributed by atoms with Gasteiger partial charge in [-0.2, -0.15) is 0 Å². The molecule has 0 aliphatic carbocycles. The Hall–Kier alpha value is -4.03. The summed E-state index contributed by atoms with van der Waals surface area (Å²) in [6.45, 7) is 3.26. The molecule has 6 heteroatoms.